The maximum absolute atomic E-state index is 6.44. The molecule has 0 aliphatic heterocycles. The highest BCUT2D eigenvalue weighted by Crippen LogP contribution is 2.32. The van der Waals surface area contributed by atoms with Crippen LogP contribution in [0, 0.1) is 17.8 Å². The summed E-state index contributed by atoms with van der Waals surface area (Å²) in [5.41, 5.74) is 0. The normalized spacial score (nSPS) is 31.3. The number of ether oxygens (including phenoxy) is 1. The van der Waals surface area contributed by atoms with E-state index in [9.17, 15) is 0 Å². The second-order valence-electron chi connectivity index (χ2n) is 7.33. The van der Waals surface area contributed by atoms with Crippen LogP contribution in [-0.4, -0.2) is 25.3 Å². The van der Waals surface area contributed by atoms with E-state index >= 15 is 0 Å². The molecule has 126 valence electrons. The van der Waals surface area contributed by atoms with Gasteiger partial charge in [-0.2, -0.15) is 0 Å². The van der Waals surface area contributed by atoms with E-state index < -0.39 is 0 Å². The van der Waals surface area contributed by atoms with Gasteiger partial charge in [0.2, 0.25) is 0 Å². The molecule has 0 bridgehead atoms. The lowest BCUT2D eigenvalue weighted by atomic mass is 9.78. The fourth-order valence-corrected chi connectivity index (χ4v) is 3.78. The van der Waals surface area contributed by atoms with Crippen LogP contribution >= 0.6 is 0 Å². The van der Waals surface area contributed by atoms with Crippen molar-refractivity contribution in [1.82, 2.24) is 5.32 Å². The van der Waals surface area contributed by atoms with Crippen molar-refractivity contribution in [3.05, 3.63) is 0 Å². The summed E-state index contributed by atoms with van der Waals surface area (Å²) in [6.45, 7) is 13.7. The molecule has 0 aromatic rings. The zero-order valence-corrected chi connectivity index (χ0v) is 15.2. The summed E-state index contributed by atoms with van der Waals surface area (Å²) in [6, 6.07) is 0.562. The quantitative estimate of drug-likeness (QED) is 0.611. The first-order valence-electron chi connectivity index (χ1n) is 9.47. The highest BCUT2D eigenvalue weighted by atomic mass is 16.5. The Morgan fingerprint density at radius 1 is 1.10 bits per heavy atom. The summed E-state index contributed by atoms with van der Waals surface area (Å²) in [5, 5.41) is 3.74. The summed E-state index contributed by atoms with van der Waals surface area (Å²) < 4.78 is 6.44. The van der Waals surface area contributed by atoms with Crippen LogP contribution in [0.5, 0.6) is 0 Å². The Hall–Kier alpha value is -0.0800. The average Bonchev–Trinajstić information content (AvgIpc) is 2.46. The van der Waals surface area contributed by atoms with Crippen molar-refractivity contribution >= 4 is 0 Å². The fraction of sp³-hybridized carbons (Fsp3) is 1.00. The van der Waals surface area contributed by atoms with Crippen LogP contribution in [0.15, 0.2) is 0 Å². The third-order valence-corrected chi connectivity index (χ3v) is 5.11. The zero-order valence-electron chi connectivity index (χ0n) is 15.2. The van der Waals surface area contributed by atoms with E-state index in [-0.39, 0.29) is 0 Å². The van der Waals surface area contributed by atoms with Gasteiger partial charge in [0.1, 0.15) is 0 Å². The molecule has 5 atom stereocenters. The van der Waals surface area contributed by atoms with Gasteiger partial charge in [-0.1, -0.05) is 53.9 Å². The predicted molar refractivity (Wildman–Crippen MR) is 92.7 cm³/mol. The number of unbranched alkanes of at least 4 members (excludes halogenated alkanes) is 1. The van der Waals surface area contributed by atoms with Crippen LogP contribution < -0.4 is 5.32 Å². The molecule has 1 aliphatic carbocycles. The Morgan fingerprint density at radius 2 is 1.86 bits per heavy atom. The van der Waals surface area contributed by atoms with Crippen molar-refractivity contribution in [3.8, 4) is 0 Å². The minimum atomic E-state index is 0.420. The molecule has 0 heterocycles. The second kappa shape index (κ2) is 10.6. The van der Waals surface area contributed by atoms with Crippen LogP contribution in [-0.2, 0) is 4.74 Å². The Balaban J connectivity index is 2.50. The molecular weight excluding hydrogens is 258 g/mol. The Kier molecular flexibility index (Phi) is 9.59. The lowest BCUT2D eigenvalue weighted by molar-refractivity contribution is -0.0523. The monoisotopic (exact) mass is 297 g/mol. The molecule has 0 amide bonds. The lowest BCUT2D eigenvalue weighted by Gasteiger charge is -2.40. The van der Waals surface area contributed by atoms with Crippen molar-refractivity contribution in [3.63, 3.8) is 0 Å². The zero-order chi connectivity index (χ0) is 15.7. The highest BCUT2D eigenvalue weighted by Gasteiger charge is 2.34. The van der Waals surface area contributed by atoms with Gasteiger partial charge < -0.3 is 10.1 Å². The van der Waals surface area contributed by atoms with E-state index in [1.165, 1.54) is 44.9 Å². The first-order chi connectivity index (χ1) is 10.1. The van der Waals surface area contributed by atoms with Crippen molar-refractivity contribution in [2.24, 2.45) is 17.8 Å². The van der Waals surface area contributed by atoms with Crippen molar-refractivity contribution < 1.29 is 4.74 Å². The molecule has 1 saturated carbocycles. The first kappa shape index (κ1) is 19.0. The molecule has 1 fully saturated rings. The average molecular weight is 298 g/mol. The molecule has 0 spiro atoms. The van der Waals surface area contributed by atoms with Crippen LogP contribution in [0.3, 0.4) is 0 Å². The van der Waals surface area contributed by atoms with E-state index in [0.29, 0.717) is 18.1 Å². The molecule has 2 nitrogen and oxygen atoms in total. The van der Waals surface area contributed by atoms with Crippen LogP contribution in [0.2, 0.25) is 0 Å². The van der Waals surface area contributed by atoms with E-state index in [0.717, 1.165) is 25.0 Å². The molecule has 1 aliphatic rings. The topological polar surface area (TPSA) is 21.3 Å². The first-order valence-corrected chi connectivity index (χ1v) is 9.47. The van der Waals surface area contributed by atoms with Gasteiger partial charge in [-0.3, -0.25) is 0 Å². The Morgan fingerprint density at radius 3 is 2.48 bits per heavy atom. The molecule has 2 heteroatoms. The summed E-state index contributed by atoms with van der Waals surface area (Å²) in [6.07, 6.45) is 9.46. The molecule has 21 heavy (non-hydrogen) atoms. The van der Waals surface area contributed by atoms with Gasteiger partial charge in [0.25, 0.3) is 0 Å². The fourth-order valence-electron chi connectivity index (χ4n) is 3.78. The summed E-state index contributed by atoms with van der Waals surface area (Å²) in [4.78, 5) is 0. The number of hydrogen-bond donors (Lipinski definition) is 1. The minimum Gasteiger partial charge on any atom is -0.376 e. The van der Waals surface area contributed by atoms with Crippen molar-refractivity contribution in [1.29, 1.82) is 0 Å². The minimum absolute atomic E-state index is 0.420. The van der Waals surface area contributed by atoms with E-state index in [1.807, 2.05) is 0 Å². The van der Waals surface area contributed by atoms with Crippen LogP contribution in [0.4, 0.5) is 0 Å². The molecule has 1 rings (SSSR count). The summed E-state index contributed by atoms with van der Waals surface area (Å²) in [5.74, 6) is 2.27. The van der Waals surface area contributed by atoms with Gasteiger partial charge in [0, 0.05) is 12.6 Å². The lowest BCUT2D eigenvalue weighted by Crippen LogP contribution is -2.50. The van der Waals surface area contributed by atoms with Gasteiger partial charge in [0.15, 0.2) is 0 Å². The molecule has 0 radical (unpaired) electrons. The molecular formula is C19H39NO. The maximum Gasteiger partial charge on any atom is 0.0753 e. The van der Waals surface area contributed by atoms with Crippen LogP contribution in [0.1, 0.15) is 79.6 Å². The standard InChI is InChI=1S/C19H39NO/c1-6-9-10-17(8-3)14-21-19-16(5)12-15(4)13-18(19)20-11-7-2/h15-20H,6-14H2,1-5H3. The Labute approximate surface area is 133 Å². The molecule has 0 aromatic heterocycles. The van der Waals surface area contributed by atoms with E-state index in [2.05, 4.69) is 39.9 Å². The van der Waals surface area contributed by atoms with E-state index in [1.54, 1.807) is 0 Å². The smallest absolute Gasteiger partial charge is 0.0753 e. The van der Waals surface area contributed by atoms with E-state index in [4.69, 9.17) is 4.74 Å². The number of rotatable bonds is 10. The number of nitrogens with one attached hydrogen (secondary N) is 1. The van der Waals surface area contributed by atoms with Gasteiger partial charge in [0.05, 0.1) is 6.10 Å². The van der Waals surface area contributed by atoms with Gasteiger partial charge in [-0.25, -0.2) is 0 Å². The maximum atomic E-state index is 6.44. The third kappa shape index (κ3) is 6.69. The summed E-state index contributed by atoms with van der Waals surface area (Å²) in [7, 11) is 0. The predicted octanol–water partition coefficient (Wildman–Crippen LogP) is 5.02. The highest BCUT2D eigenvalue weighted by molar-refractivity contribution is 4.88. The number of hydrogen-bond acceptors (Lipinski definition) is 2. The van der Waals surface area contributed by atoms with Crippen molar-refractivity contribution in [2.45, 2.75) is 91.7 Å². The second-order valence-corrected chi connectivity index (χ2v) is 7.33. The SMILES string of the molecule is CCCCC(CC)COC1C(C)CC(C)CC1NCCC. The molecule has 1 N–H and O–H groups in total. The van der Waals surface area contributed by atoms with Crippen LogP contribution in [0.25, 0.3) is 0 Å². The molecule has 0 saturated heterocycles. The molecule has 0 aromatic carbocycles. The summed E-state index contributed by atoms with van der Waals surface area (Å²) >= 11 is 0. The van der Waals surface area contributed by atoms with Gasteiger partial charge >= 0.3 is 0 Å². The molecule has 5 unspecified atom stereocenters. The third-order valence-electron chi connectivity index (χ3n) is 5.11. The van der Waals surface area contributed by atoms with Crippen molar-refractivity contribution in [2.75, 3.05) is 13.2 Å². The Bertz CT molecular complexity index is 256. The largest absolute Gasteiger partial charge is 0.376 e. The van der Waals surface area contributed by atoms with Gasteiger partial charge in [-0.05, 0) is 50.0 Å². The van der Waals surface area contributed by atoms with Gasteiger partial charge in [-0.15, -0.1) is 0 Å².